The molecule has 1 aliphatic rings. The number of esters is 1. The third-order valence-corrected chi connectivity index (χ3v) is 3.31. The lowest BCUT2D eigenvalue weighted by Gasteiger charge is -2.26. The van der Waals surface area contributed by atoms with Crippen LogP contribution in [0.4, 0.5) is 0 Å². The maximum atomic E-state index is 11.9. The van der Waals surface area contributed by atoms with E-state index in [0.29, 0.717) is 25.1 Å². The molecule has 1 fully saturated rings. The summed E-state index contributed by atoms with van der Waals surface area (Å²) >= 11 is 0. The van der Waals surface area contributed by atoms with E-state index >= 15 is 0 Å². The van der Waals surface area contributed by atoms with Crippen molar-refractivity contribution in [2.75, 3.05) is 33.3 Å². The minimum absolute atomic E-state index is 0.143. The molecule has 5 nitrogen and oxygen atoms in total. The number of nitrogens with zero attached hydrogens (tertiary/aromatic N) is 1. The molecule has 0 aromatic heterocycles. The SMILES string of the molecule is CCC(=CCNCC(=O)N1CCCCC1)C(=O)OC. The van der Waals surface area contributed by atoms with Crippen molar-refractivity contribution < 1.29 is 14.3 Å². The fraction of sp³-hybridized carbons (Fsp3) is 0.714. The zero-order valence-corrected chi connectivity index (χ0v) is 11.9. The van der Waals surface area contributed by atoms with Gasteiger partial charge in [0.25, 0.3) is 0 Å². The molecule has 0 spiro atoms. The van der Waals surface area contributed by atoms with Crippen molar-refractivity contribution in [3.05, 3.63) is 11.6 Å². The van der Waals surface area contributed by atoms with Crippen molar-refractivity contribution in [3.63, 3.8) is 0 Å². The second-order valence-electron chi connectivity index (χ2n) is 4.65. The summed E-state index contributed by atoms with van der Waals surface area (Å²) in [5.41, 5.74) is 0.639. The van der Waals surface area contributed by atoms with E-state index in [9.17, 15) is 9.59 Å². The molecule has 1 heterocycles. The highest BCUT2D eigenvalue weighted by atomic mass is 16.5. The van der Waals surface area contributed by atoms with Crippen LogP contribution in [0.1, 0.15) is 32.6 Å². The number of carbonyl (C=O) groups excluding carboxylic acids is 2. The number of rotatable bonds is 6. The van der Waals surface area contributed by atoms with Crippen molar-refractivity contribution in [2.45, 2.75) is 32.6 Å². The summed E-state index contributed by atoms with van der Waals surface area (Å²) in [6.45, 7) is 4.49. The standard InChI is InChI=1S/C14H24N2O3/c1-3-12(14(18)19-2)7-8-15-11-13(17)16-9-5-4-6-10-16/h7,15H,3-6,8-11H2,1-2H3. The van der Waals surface area contributed by atoms with Gasteiger partial charge in [0.2, 0.25) is 5.91 Å². The van der Waals surface area contributed by atoms with E-state index < -0.39 is 0 Å². The van der Waals surface area contributed by atoms with E-state index in [1.54, 1.807) is 6.08 Å². The Bertz CT molecular complexity index is 334. The molecule has 1 aliphatic heterocycles. The van der Waals surface area contributed by atoms with Crippen LogP contribution in [0, 0.1) is 0 Å². The van der Waals surface area contributed by atoms with Gasteiger partial charge in [-0.1, -0.05) is 13.0 Å². The molecule has 1 saturated heterocycles. The Hall–Kier alpha value is -1.36. The van der Waals surface area contributed by atoms with E-state index in [0.717, 1.165) is 25.9 Å². The Labute approximate surface area is 115 Å². The number of methoxy groups -OCH3 is 1. The van der Waals surface area contributed by atoms with Crippen LogP contribution in [0.15, 0.2) is 11.6 Å². The molecule has 19 heavy (non-hydrogen) atoms. The minimum atomic E-state index is -0.299. The fourth-order valence-corrected chi connectivity index (χ4v) is 2.13. The summed E-state index contributed by atoms with van der Waals surface area (Å²) in [7, 11) is 1.37. The first-order valence-corrected chi connectivity index (χ1v) is 6.94. The Kier molecular flexibility index (Phi) is 7.18. The third kappa shape index (κ3) is 5.42. The lowest BCUT2D eigenvalue weighted by Crippen LogP contribution is -2.41. The average molecular weight is 268 g/mol. The van der Waals surface area contributed by atoms with Gasteiger partial charge in [0.15, 0.2) is 0 Å². The molecule has 108 valence electrons. The van der Waals surface area contributed by atoms with Crippen molar-refractivity contribution >= 4 is 11.9 Å². The molecule has 5 heteroatoms. The summed E-state index contributed by atoms with van der Waals surface area (Å²) < 4.78 is 4.67. The maximum Gasteiger partial charge on any atom is 0.333 e. The molecule has 0 atom stereocenters. The molecule has 0 aromatic rings. The van der Waals surface area contributed by atoms with Crippen molar-refractivity contribution in [3.8, 4) is 0 Å². The Morgan fingerprint density at radius 2 is 1.95 bits per heavy atom. The molecule has 0 aliphatic carbocycles. The van der Waals surface area contributed by atoms with Crippen molar-refractivity contribution in [1.82, 2.24) is 10.2 Å². The monoisotopic (exact) mass is 268 g/mol. The van der Waals surface area contributed by atoms with Gasteiger partial charge in [0.1, 0.15) is 0 Å². The lowest BCUT2D eigenvalue weighted by atomic mass is 10.1. The second-order valence-corrected chi connectivity index (χ2v) is 4.65. The second kappa shape index (κ2) is 8.69. The number of nitrogens with one attached hydrogen (secondary N) is 1. The van der Waals surface area contributed by atoms with Crippen LogP contribution in [0.2, 0.25) is 0 Å². The zero-order valence-electron chi connectivity index (χ0n) is 11.9. The highest BCUT2D eigenvalue weighted by molar-refractivity contribution is 5.88. The quantitative estimate of drug-likeness (QED) is 0.445. The van der Waals surface area contributed by atoms with E-state index in [4.69, 9.17) is 0 Å². The largest absolute Gasteiger partial charge is 0.466 e. The van der Waals surface area contributed by atoms with E-state index in [2.05, 4.69) is 10.1 Å². The van der Waals surface area contributed by atoms with E-state index in [-0.39, 0.29) is 11.9 Å². The van der Waals surface area contributed by atoms with Gasteiger partial charge in [-0.15, -0.1) is 0 Å². The fourth-order valence-electron chi connectivity index (χ4n) is 2.13. The summed E-state index contributed by atoms with van der Waals surface area (Å²) in [6, 6.07) is 0. The molecule has 0 unspecified atom stereocenters. The average Bonchev–Trinajstić information content (AvgIpc) is 2.47. The van der Waals surface area contributed by atoms with Crippen molar-refractivity contribution in [1.29, 1.82) is 0 Å². The zero-order chi connectivity index (χ0) is 14.1. The predicted molar refractivity (Wildman–Crippen MR) is 73.7 cm³/mol. The smallest absolute Gasteiger partial charge is 0.333 e. The van der Waals surface area contributed by atoms with E-state index in [1.807, 2.05) is 11.8 Å². The molecule has 0 saturated carbocycles. The van der Waals surface area contributed by atoms with Gasteiger partial charge < -0.3 is 15.0 Å². The Balaban J connectivity index is 2.27. The lowest BCUT2D eigenvalue weighted by molar-refractivity contribution is -0.136. The summed E-state index contributed by atoms with van der Waals surface area (Å²) in [5.74, 6) is -0.157. The predicted octanol–water partition coefficient (Wildman–Crippen LogP) is 1.10. The van der Waals surface area contributed by atoms with Crippen LogP contribution >= 0.6 is 0 Å². The number of piperidine rings is 1. The minimum Gasteiger partial charge on any atom is -0.466 e. The first-order valence-electron chi connectivity index (χ1n) is 6.94. The van der Waals surface area contributed by atoms with Gasteiger partial charge in [0, 0.05) is 25.2 Å². The number of hydrogen-bond donors (Lipinski definition) is 1. The van der Waals surface area contributed by atoms with Gasteiger partial charge in [-0.3, -0.25) is 4.79 Å². The van der Waals surface area contributed by atoms with Crippen LogP contribution in [-0.4, -0.2) is 50.1 Å². The molecule has 0 aromatic carbocycles. The van der Waals surface area contributed by atoms with Gasteiger partial charge in [0.05, 0.1) is 13.7 Å². The van der Waals surface area contributed by atoms with Crippen LogP contribution in [0.3, 0.4) is 0 Å². The number of ether oxygens (including phenoxy) is 1. The summed E-state index contributed by atoms with van der Waals surface area (Å²) in [4.78, 5) is 25.1. The highest BCUT2D eigenvalue weighted by Gasteiger charge is 2.15. The molecule has 1 N–H and O–H groups in total. The molecule has 1 rings (SSSR count). The first-order chi connectivity index (χ1) is 9.19. The first kappa shape index (κ1) is 15.7. The maximum absolute atomic E-state index is 11.9. The van der Waals surface area contributed by atoms with E-state index in [1.165, 1.54) is 13.5 Å². The van der Waals surface area contributed by atoms with Gasteiger partial charge >= 0.3 is 5.97 Å². The number of carbonyl (C=O) groups is 2. The van der Waals surface area contributed by atoms with Gasteiger partial charge in [-0.2, -0.15) is 0 Å². The van der Waals surface area contributed by atoms with Crippen LogP contribution in [0.5, 0.6) is 0 Å². The molecule has 1 amide bonds. The van der Waals surface area contributed by atoms with Crippen LogP contribution in [0.25, 0.3) is 0 Å². The topological polar surface area (TPSA) is 58.6 Å². The van der Waals surface area contributed by atoms with Gasteiger partial charge in [-0.05, 0) is 25.7 Å². The number of likely N-dealkylation sites (tertiary alicyclic amines) is 1. The molecule has 0 bridgehead atoms. The Morgan fingerprint density at radius 1 is 1.26 bits per heavy atom. The van der Waals surface area contributed by atoms with Crippen LogP contribution in [-0.2, 0) is 14.3 Å². The molecule has 0 radical (unpaired) electrons. The Morgan fingerprint density at radius 3 is 2.53 bits per heavy atom. The van der Waals surface area contributed by atoms with Crippen molar-refractivity contribution in [2.24, 2.45) is 0 Å². The summed E-state index contributed by atoms with van der Waals surface area (Å²) in [6.07, 6.45) is 5.85. The highest BCUT2D eigenvalue weighted by Crippen LogP contribution is 2.08. The normalized spacial score (nSPS) is 16.3. The van der Waals surface area contributed by atoms with Gasteiger partial charge in [-0.25, -0.2) is 4.79 Å². The number of amides is 1. The third-order valence-electron chi connectivity index (χ3n) is 3.31. The number of hydrogen-bond acceptors (Lipinski definition) is 4. The molecular weight excluding hydrogens is 244 g/mol. The molecular formula is C14H24N2O3. The van der Waals surface area contributed by atoms with Crippen LogP contribution < -0.4 is 5.32 Å². The summed E-state index contributed by atoms with van der Waals surface area (Å²) in [5, 5.41) is 3.05.